The first-order chi connectivity index (χ1) is 14.2. The maximum Gasteiger partial charge on any atom is 0.253 e. The lowest BCUT2D eigenvalue weighted by atomic mass is 9.93. The van der Waals surface area contributed by atoms with Gasteiger partial charge in [-0.15, -0.1) is 0 Å². The molecular weight excluding hydrogens is 366 g/mol. The number of nitrogens with zero attached hydrogens (tertiary/aromatic N) is 3. The summed E-state index contributed by atoms with van der Waals surface area (Å²) >= 11 is 0. The van der Waals surface area contributed by atoms with Gasteiger partial charge in [-0.2, -0.15) is 10.4 Å². The fourth-order valence-electron chi connectivity index (χ4n) is 4.40. The Morgan fingerprint density at radius 1 is 1.14 bits per heavy atom. The number of hydrogen-bond donors (Lipinski definition) is 2. The number of amides is 2. The molecule has 150 valence electrons. The first kappa shape index (κ1) is 19.2. The van der Waals surface area contributed by atoms with Crippen LogP contribution in [0.4, 0.5) is 5.69 Å². The van der Waals surface area contributed by atoms with E-state index in [0.29, 0.717) is 24.2 Å². The van der Waals surface area contributed by atoms with Crippen LogP contribution in [0.5, 0.6) is 0 Å². The molecule has 1 aromatic heterocycles. The summed E-state index contributed by atoms with van der Waals surface area (Å²) in [6, 6.07) is 8.81. The molecule has 2 N–H and O–H groups in total. The smallest absolute Gasteiger partial charge is 0.253 e. The van der Waals surface area contributed by atoms with Crippen LogP contribution in [0.2, 0.25) is 0 Å². The average Bonchev–Trinajstić information content (AvgIpc) is 3.46. The van der Waals surface area contributed by atoms with E-state index in [1.807, 2.05) is 4.90 Å². The van der Waals surface area contributed by atoms with Crippen LogP contribution in [0.3, 0.4) is 0 Å². The van der Waals surface area contributed by atoms with Gasteiger partial charge in [0, 0.05) is 30.5 Å². The van der Waals surface area contributed by atoms with Crippen LogP contribution in [0.25, 0.3) is 0 Å². The summed E-state index contributed by atoms with van der Waals surface area (Å²) in [5, 5.41) is 19.2. The number of piperidine rings is 1. The normalized spacial score (nSPS) is 19.7. The van der Waals surface area contributed by atoms with Gasteiger partial charge in [0.25, 0.3) is 5.91 Å². The summed E-state index contributed by atoms with van der Waals surface area (Å²) in [4.78, 5) is 27.3. The van der Waals surface area contributed by atoms with Gasteiger partial charge in [-0.3, -0.25) is 14.7 Å². The first-order valence-electron chi connectivity index (χ1n) is 10.3. The van der Waals surface area contributed by atoms with Gasteiger partial charge in [0.1, 0.15) is 0 Å². The molecule has 2 aromatic rings. The molecule has 2 aliphatic rings. The molecular formula is C22H25N5O2. The predicted octanol–water partition coefficient (Wildman–Crippen LogP) is 3.43. The number of nitriles is 1. The molecule has 2 heterocycles. The van der Waals surface area contributed by atoms with E-state index < -0.39 is 0 Å². The maximum absolute atomic E-state index is 12.9. The van der Waals surface area contributed by atoms with Gasteiger partial charge in [0.05, 0.1) is 29.2 Å². The number of aromatic amines is 1. The Labute approximate surface area is 170 Å². The Morgan fingerprint density at radius 3 is 2.62 bits per heavy atom. The number of rotatable bonds is 4. The van der Waals surface area contributed by atoms with Gasteiger partial charge >= 0.3 is 0 Å². The minimum absolute atomic E-state index is 0.0322. The van der Waals surface area contributed by atoms with E-state index in [2.05, 4.69) is 21.6 Å². The van der Waals surface area contributed by atoms with Crippen LogP contribution in [0.1, 0.15) is 66.1 Å². The molecule has 1 atom stereocenters. The number of hydrogen-bond acceptors (Lipinski definition) is 4. The Hall–Kier alpha value is -3.14. The number of carbonyl (C=O) groups excluding carboxylic acids is 2. The maximum atomic E-state index is 12.9. The topological polar surface area (TPSA) is 102 Å². The van der Waals surface area contributed by atoms with Gasteiger partial charge < -0.3 is 10.2 Å². The second-order valence-electron chi connectivity index (χ2n) is 7.95. The lowest BCUT2D eigenvalue weighted by Gasteiger charge is -2.32. The monoisotopic (exact) mass is 391 g/mol. The van der Waals surface area contributed by atoms with Gasteiger partial charge in [0.15, 0.2) is 0 Å². The lowest BCUT2D eigenvalue weighted by Crippen LogP contribution is -2.39. The van der Waals surface area contributed by atoms with Crippen LogP contribution in [-0.4, -0.2) is 40.0 Å². The number of anilines is 1. The average molecular weight is 391 g/mol. The van der Waals surface area contributed by atoms with E-state index in [1.165, 1.54) is 0 Å². The number of aromatic nitrogens is 2. The molecule has 1 saturated heterocycles. The molecule has 7 nitrogen and oxygen atoms in total. The largest absolute Gasteiger partial charge is 0.338 e. The number of carbonyl (C=O) groups is 2. The first-order valence-corrected chi connectivity index (χ1v) is 10.3. The van der Waals surface area contributed by atoms with Gasteiger partial charge in [-0.1, -0.05) is 12.8 Å². The van der Waals surface area contributed by atoms with Crippen molar-refractivity contribution in [3.63, 3.8) is 0 Å². The van der Waals surface area contributed by atoms with Crippen LogP contribution in [0, 0.1) is 17.2 Å². The Balaban J connectivity index is 1.44. The molecule has 1 aliphatic carbocycles. The second kappa shape index (κ2) is 8.48. The molecule has 4 rings (SSSR count). The van der Waals surface area contributed by atoms with Gasteiger partial charge in [-0.05, 0) is 49.9 Å². The highest BCUT2D eigenvalue weighted by atomic mass is 16.2. The van der Waals surface area contributed by atoms with E-state index in [9.17, 15) is 9.59 Å². The van der Waals surface area contributed by atoms with E-state index in [0.717, 1.165) is 49.9 Å². The highest BCUT2D eigenvalue weighted by Gasteiger charge is 2.29. The van der Waals surface area contributed by atoms with E-state index in [-0.39, 0.29) is 23.7 Å². The fraction of sp³-hybridized carbons (Fsp3) is 0.455. The van der Waals surface area contributed by atoms with Crippen molar-refractivity contribution >= 4 is 17.5 Å². The van der Waals surface area contributed by atoms with Crippen LogP contribution < -0.4 is 5.32 Å². The van der Waals surface area contributed by atoms with Crippen LogP contribution in [-0.2, 0) is 4.79 Å². The van der Waals surface area contributed by atoms with E-state index >= 15 is 0 Å². The Morgan fingerprint density at radius 2 is 1.90 bits per heavy atom. The summed E-state index contributed by atoms with van der Waals surface area (Å²) in [7, 11) is 0. The number of benzene rings is 1. The zero-order valence-corrected chi connectivity index (χ0v) is 16.4. The van der Waals surface area contributed by atoms with Crippen molar-refractivity contribution in [3.05, 3.63) is 47.3 Å². The molecule has 1 saturated carbocycles. The third-order valence-electron chi connectivity index (χ3n) is 6.03. The molecule has 7 heteroatoms. The summed E-state index contributed by atoms with van der Waals surface area (Å²) in [5.41, 5.74) is 2.76. The summed E-state index contributed by atoms with van der Waals surface area (Å²) in [6.45, 7) is 1.28. The van der Waals surface area contributed by atoms with E-state index in [4.69, 9.17) is 5.26 Å². The van der Waals surface area contributed by atoms with Crippen molar-refractivity contribution in [1.82, 2.24) is 15.1 Å². The molecule has 0 unspecified atom stereocenters. The van der Waals surface area contributed by atoms with Crippen LogP contribution >= 0.6 is 0 Å². The van der Waals surface area contributed by atoms with Crippen molar-refractivity contribution in [2.75, 3.05) is 18.4 Å². The second-order valence-corrected chi connectivity index (χ2v) is 7.95. The van der Waals surface area contributed by atoms with Crippen molar-refractivity contribution < 1.29 is 9.59 Å². The zero-order valence-electron chi connectivity index (χ0n) is 16.4. The molecule has 2 amide bonds. The molecule has 1 aliphatic heterocycles. The zero-order chi connectivity index (χ0) is 20.2. The molecule has 1 aromatic carbocycles. The standard InChI is InChI=1S/C22H25N5O2/c23-12-15-7-9-17(10-8-15)22(29)27-11-3-6-18(14-27)20-19(13-24-26-20)25-21(28)16-4-1-2-5-16/h7-10,13,16,18H,1-6,11,14H2,(H,24,26)(H,25,28)/t18-/m1/s1. The summed E-state index contributed by atoms with van der Waals surface area (Å²) in [6.07, 6.45) is 7.64. The third-order valence-corrected chi connectivity index (χ3v) is 6.03. The van der Waals surface area contributed by atoms with Crippen molar-refractivity contribution in [3.8, 4) is 6.07 Å². The summed E-state index contributed by atoms with van der Waals surface area (Å²) in [5.74, 6) is 0.243. The highest BCUT2D eigenvalue weighted by molar-refractivity contribution is 5.95. The minimum Gasteiger partial charge on any atom is -0.338 e. The van der Waals surface area contributed by atoms with Crippen molar-refractivity contribution in [2.24, 2.45) is 5.92 Å². The summed E-state index contributed by atoms with van der Waals surface area (Å²) < 4.78 is 0. The molecule has 29 heavy (non-hydrogen) atoms. The highest BCUT2D eigenvalue weighted by Crippen LogP contribution is 2.32. The van der Waals surface area contributed by atoms with E-state index in [1.54, 1.807) is 30.5 Å². The SMILES string of the molecule is N#Cc1ccc(C(=O)N2CCC[C@@H](c3[nH]ncc3NC(=O)C3CCCC3)C2)cc1. The fourth-order valence-corrected chi connectivity index (χ4v) is 4.40. The van der Waals surface area contributed by atoms with Crippen molar-refractivity contribution in [2.45, 2.75) is 44.4 Å². The number of nitrogens with one attached hydrogen (secondary N) is 2. The Kier molecular flexibility index (Phi) is 5.61. The quantitative estimate of drug-likeness (QED) is 0.833. The number of likely N-dealkylation sites (tertiary alicyclic amines) is 1. The minimum atomic E-state index is -0.0322. The van der Waals surface area contributed by atoms with Crippen LogP contribution in [0.15, 0.2) is 30.5 Å². The van der Waals surface area contributed by atoms with Crippen molar-refractivity contribution in [1.29, 1.82) is 5.26 Å². The van der Waals surface area contributed by atoms with Gasteiger partial charge in [0.2, 0.25) is 5.91 Å². The molecule has 2 fully saturated rings. The Bertz CT molecular complexity index is 921. The predicted molar refractivity (Wildman–Crippen MR) is 108 cm³/mol. The lowest BCUT2D eigenvalue weighted by molar-refractivity contribution is -0.119. The number of H-pyrrole nitrogens is 1. The third kappa shape index (κ3) is 4.16. The molecule has 0 radical (unpaired) electrons. The molecule has 0 bridgehead atoms. The molecule has 0 spiro atoms. The van der Waals surface area contributed by atoms with Gasteiger partial charge in [-0.25, -0.2) is 0 Å².